The van der Waals surface area contributed by atoms with Crippen LogP contribution in [0, 0.1) is 0 Å². The van der Waals surface area contributed by atoms with E-state index in [1.807, 2.05) is 0 Å². The first-order valence-electron chi connectivity index (χ1n) is 5.41. The summed E-state index contributed by atoms with van der Waals surface area (Å²) in [6.45, 7) is -0.0720. The molecule has 0 aromatic heterocycles. The highest BCUT2D eigenvalue weighted by Crippen LogP contribution is 2.37. The molecule has 1 heterocycles. The fraction of sp³-hybridized carbons (Fsp3) is 0.364. The highest BCUT2D eigenvalue weighted by Gasteiger charge is 2.38. The Kier molecular flexibility index (Phi) is 3.31. The minimum atomic E-state index is -4.90. The zero-order chi connectivity index (χ0) is 15.1. The Morgan fingerprint density at radius 3 is 1.80 bits per heavy atom. The van der Waals surface area contributed by atoms with Crippen LogP contribution in [0.4, 0.5) is 31.1 Å². The van der Waals surface area contributed by atoms with Crippen LogP contribution in [0.25, 0.3) is 0 Å². The first-order chi connectivity index (χ1) is 9.07. The molecule has 0 unspecified atom stereocenters. The Labute approximate surface area is 109 Å². The molecule has 1 aromatic rings. The second-order valence-electron chi connectivity index (χ2n) is 4.25. The lowest BCUT2D eigenvalue weighted by molar-refractivity contribution is -0.143. The summed E-state index contributed by atoms with van der Waals surface area (Å²) in [6.07, 6.45) is -9.79. The maximum Gasteiger partial charge on any atom is 0.416 e. The summed E-state index contributed by atoms with van der Waals surface area (Å²) in [5, 5.41) is 4.51. The summed E-state index contributed by atoms with van der Waals surface area (Å²) in [5.41, 5.74) is -3.04. The SMILES string of the molecule is O=C1NC[C@H](c2cc(C(F)(F)F)cc(C(F)(F)F)c2)N1. The third-order valence-corrected chi connectivity index (χ3v) is 2.78. The molecule has 2 N–H and O–H groups in total. The van der Waals surface area contributed by atoms with E-state index in [1.165, 1.54) is 0 Å². The van der Waals surface area contributed by atoms with Gasteiger partial charge in [-0.15, -0.1) is 0 Å². The highest BCUT2D eigenvalue weighted by atomic mass is 19.4. The third kappa shape index (κ3) is 2.97. The number of amides is 2. The summed E-state index contributed by atoms with van der Waals surface area (Å²) < 4.78 is 75.8. The standard InChI is InChI=1S/C11H8F6N2O/c12-10(13,14)6-1-5(8-4-18-9(20)19-8)2-7(3-6)11(15,16)17/h1-3,8H,4H2,(H2,18,19,20)/t8-/m1/s1. The fourth-order valence-corrected chi connectivity index (χ4v) is 1.84. The molecule has 1 aromatic carbocycles. The topological polar surface area (TPSA) is 41.1 Å². The van der Waals surface area contributed by atoms with Crippen LogP contribution in [0.3, 0.4) is 0 Å². The van der Waals surface area contributed by atoms with Gasteiger partial charge in [0.2, 0.25) is 0 Å². The van der Waals surface area contributed by atoms with Gasteiger partial charge < -0.3 is 10.6 Å². The molecule has 3 nitrogen and oxygen atoms in total. The minimum Gasteiger partial charge on any atom is -0.336 e. The van der Waals surface area contributed by atoms with Crippen molar-refractivity contribution in [2.75, 3.05) is 6.54 Å². The number of hydrogen-bond donors (Lipinski definition) is 2. The largest absolute Gasteiger partial charge is 0.416 e. The van der Waals surface area contributed by atoms with Crippen LogP contribution in [0.5, 0.6) is 0 Å². The number of carbonyl (C=O) groups is 1. The maximum absolute atomic E-state index is 12.6. The highest BCUT2D eigenvalue weighted by molar-refractivity contribution is 5.76. The van der Waals surface area contributed by atoms with E-state index >= 15 is 0 Å². The van der Waals surface area contributed by atoms with Gasteiger partial charge in [0.1, 0.15) is 0 Å². The lowest BCUT2D eigenvalue weighted by atomic mass is 10.00. The van der Waals surface area contributed by atoms with Crippen LogP contribution >= 0.6 is 0 Å². The summed E-state index contributed by atoms with van der Waals surface area (Å²) in [6, 6.07) is -0.305. The lowest BCUT2D eigenvalue weighted by Gasteiger charge is -2.16. The Bertz CT molecular complexity index is 504. The average molecular weight is 298 g/mol. The molecule has 9 heteroatoms. The normalized spacial score (nSPS) is 19.7. The van der Waals surface area contributed by atoms with Gasteiger partial charge in [0.15, 0.2) is 0 Å². The molecule has 1 aliphatic rings. The van der Waals surface area contributed by atoms with Gasteiger partial charge in [0.25, 0.3) is 0 Å². The lowest BCUT2D eigenvalue weighted by Crippen LogP contribution is -2.22. The molecule has 0 saturated carbocycles. The molecule has 0 bridgehead atoms. The van der Waals surface area contributed by atoms with Crippen LogP contribution < -0.4 is 10.6 Å². The van der Waals surface area contributed by atoms with E-state index in [1.54, 1.807) is 0 Å². The molecule has 1 aliphatic heterocycles. The Hall–Kier alpha value is -1.93. The van der Waals surface area contributed by atoms with Gasteiger partial charge in [0.05, 0.1) is 17.2 Å². The summed E-state index contributed by atoms with van der Waals surface area (Å²) in [4.78, 5) is 10.9. The first-order valence-corrected chi connectivity index (χ1v) is 5.41. The number of nitrogens with one attached hydrogen (secondary N) is 2. The zero-order valence-electron chi connectivity index (χ0n) is 9.69. The molecule has 0 aliphatic carbocycles. The third-order valence-electron chi connectivity index (χ3n) is 2.78. The average Bonchev–Trinajstić information content (AvgIpc) is 2.73. The molecular formula is C11H8F6N2O. The molecule has 1 saturated heterocycles. The van der Waals surface area contributed by atoms with Crippen molar-refractivity contribution in [1.29, 1.82) is 0 Å². The fourth-order valence-electron chi connectivity index (χ4n) is 1.84. The van der Waals surface area contributed by atoms with E-state index in [-0.39, 0.29) is 18.2 Å². The molecule has 20 heavy (non-hydrogen) atoms. The number of halogens is 6. The number of alkyl halides is 6. The molecule has 2 amide bonds. The summed E-state index contributed by atoms with van der Waals surface area (Å²) >= 11 is 0. The van der Waals surface area contributed by atoms with E-state index in [9.17, 15) is 31.1 Å². The van der Waals surface area contributed by atoms with Crippen molar-refractivity contribution in [2.45, 2.75) is 18.4 Å². The second-order valence-corrected chi connectivity index (χ2v) is 4.25. The number of hydrogen-bond acceptors (Lipinski definition) is 1. The van der Waals surface area contributed by atoms with E-state index in [0.29, 0.717) is 12.1 Å². The van der Waals surface area contributed by atoms with Gasteiger partial charge in [-0.1, -0.05) is 0 Å². The van der Waals surface area contributed by atoms with Gasteiger partial charge in [-0.3, -0.25) is 0 Å². The first kappa shape index (κ1) is 14.5. The van der Waals surface area contributed by atoms with E-state index in [0.717, 1.165) is 0 Å². The van der Waals surface area contributed by atoms with Crippen molar-refractivity contribution in [3.63, 3.8) is 0 Å². The van der Waals surface area contributed by atoms with Gasteiger partial charge in [-0.05, 0) is 23.8 Å². The molecule has 0 radical (unpaired) electrons. The van der Waals surface area contributed by atoms with Crippen LogP contribution in [-0.4, -0.2) is 12.6 Å². The zero-order valence-corrected chi connectivity index (χ0v) is 9.69. The number of urea groups is 1. The molecule has 110 valence electrons. The maximum atomic E-state index is 12.6. The van der Waals surface area contributed by atoms with Crippen molar-refractivity contribution in [3.05, 3.63) is 34.9 Å². The Morgan fingerprint density at radius 2 is 1.45 bits per heavy atom. The van der Waals surface area contributed by atoms with E-state index < -0.39 is 35.6 Å². The molecule has 1 fully saturated rings. The molecule has 2 rings (SSSR count). The predicted octanol–water partition coefficient (Wildman–Crippen LogP) is 3.08. The Morgan fingerprint density at radius 1 is 0.950 bits per heavy atom. The van der Waals surface area contributed by atoms with E-state index in [4.69, 9.17) is 0 Å². The monoisotopic (exact) mass is 298 g/mol. The smallest absolute Gasteiger partial charge is 0.336 e. The van der Waals surface area contributed by atoms with Crippen LogP contribution in [0.1, 0.15) is 22.7 Å². The predicted molar refractivity (Wildman–Crippen MR) is 55.7 cm³/mol. The minimum absolute atomic E-state index is 0.0493. The van der Waals surface area contributed by atoms with Crippen molar-refractivity contribution < 1.29 is 31.1 Å². The van der Waals surface area contributed by atoms with Crippen molar-refractivity contribution in [2.24, 2.45) is 0 Å². The number of benzene rings is 1. The van der Waals surface area contributed by atoms with E-state index in [2.05, 4.69) is 10.6 Å². The summed E-state index contributed by atoms with van der Waals surface area (Å²) in [5.74, 6) is 0. The summed E-state index contributed by atoms with van der Waals surface area (Å²) in [7, 11) is 0. The van der Waals surface area contributed by atoms with Gasteiger partial charge in [-0.25, -0.2) is 4.79 Å². The molecular weight excluding hydrogens is 290 g/mol. The molecule has 1 atom stereocenters. The van der Waals surface area contributed by atoms with Gasteiger partial charge in [0, 0.05) is 6.54 Å². The van der Waals surface area contributed by atoms with Crippen LogP contribution in [-0.2, 0) is 12.4 Å². The van der Waals surface area contributed by atoms with Crippen molar-refractivity contribution >= 4 is 6.03 Å². The van der Waals surface area contributed by atoms with Gasteiger partial charge >= 0.3 is 18.4 Å². The van der Waals surface area contributed by atoms with Crippen molar-refractivity contribution in [1.82, 2.24) is 10.6 Å². The van der Waals surface area contributed by atoms with Gasteiger partial charge in [-0.2, -0.15) is 26.3 Å². The van der Waals surface area contributed by atoms with Crippen LogP contribution in [0.2, 0.25) is 0 Å². The molecule has 0 spiro atoms. The number of carbonyl (C=O) groups excluding carboxylic acids is 1. The van der Waals surface area contributed by atoms with Crippen LogP contribution in [0.15, 0.2) is 18.2 Å². The second kappa shape index (κ2) is 4.57. The number of rotatable bonds is 1. The quantitative estimate of drug-likeness (QED) is 0.769. The Balaban J connectivity index is 2.49. The van der Waals surface area contributed by atoms with Crippen molar-refractivity contribution in [3.8, 4) is 0 Å².